The van der Waals surface area contributed by atoms with Gasteiger partial charge in [-0.1, -0.05) is 97.1 Å². The fourth-order valence-electron chi connectivity index (χ4n) is 6.51. The first kappa shape index (κ1) is 21.1. The molecular weight excluding hydrogens is 492 g/mol. The fraction of sp³-hybridized carbons (Fsp3) is 0. The van der Waals surface area contributed by atoms with E-state index in [2.05, 4.69) is 143 Å². The topological polar surface area (TPSA) is 9.86 Å². The first-order valence-corrected chi connectivity index (χ1v) is 14.1. The molecule has 0 unspecified atom stereocenters. The Kier molecular flexibility index (Phi) is 4.24. The highest BCUT2D eigenvalue weighted by atomic mass is 32.1. The predicted octanol–water partition coefficient (Wildman–Crippen LogP) is 10.2. The number of hydrogen-bond donors (Lipinski definition) is 0. The first-order chi connectivity index (χ1) is 19.4. The molecule has 2 nitrogen and oxygen atoms in total. The van der Waals surface area contributed by atoms with E-state index < -0.39 is 0 Å². The number of rotatable bonds is 2. The Morgan fingerprint density at radius 1 is 0.385 bits per heavy atom. The van der Waals surface area contributed by atoms with Crippen molar-refractivity contribution in [3.63, 3.8) is 0 Å². The van der Waals surface area contributed by atoms with Crippen LogP contribution in [-0.2, 0) is 0 Å². The molecule has 0 spiro atoms. The summed E-state index contributed by atoms with van der Waals surface area (Å²) in [5, 5.41) is 7.76. The molecule has 0 aliphatic heterocycles. The van der Waals surface area contributed by atoms with E-state index >= 15 is 0 Å². The molecule has 39 heavy (non-hydrogen) atoms. The highest BCUT2D eigenvalue weighted by molar-refractivity contribution is 7.26. The molecule has 0 bridgehead atoms. The number of hydrogen-bond acceptors (Lipinski definition) is 1. The Labute approximate surface area is 228 Å². The average Bonchev–Trinajstić information content (AvgIpc) is 3.65. The first-order valence-electron chi connectivity index (χ1n) is 13.3. The van der Waals surface area contributed by atoms with Crippen LogP contribution in [0, 0.1) is 0 Å². The van der Waals surface area contributed by atoms with Crippen molar-refractivity contribution >= 4 is 75.1 Å². The predicted molar refractivity (Wildman–Crippen MR) is 168 cm³/mol. The third kappa shape index (κ3) is 2.80. The largest absolute Gasteiger partial charge is 0.307 e. The van der Waals surface area contributed by atoms with Gasteiger partial charge in [-0.2, -0.15) is 0 Å². The fourth-order valence-corrected chi connectivity index (χ4v) is 7.75. The van der Waals surface area contributed by atoms with E-state index in [1.165, 1.54) is 75.2 Å². The molecule has 3 aromatic heterocycles. The maximum absolute atomic E-state index is 2.52. The SMILES string of the molecule is c1ccc(-n2c3ccccc3c3cccc(-n4c5ccccc5c5ccc6c7ccccc7sc6c54)c32)cc1. The minimum Gasteiger partial charge on any atom is -0.307 e. The van der Waals surface area contributed by atoms with Crippen LogP contribution in [0.2, 0.25) is 0 Å². The normalized spacial score (nSPS) is 12.1. The van der Waals surface area contributed by atoms with E-state index in [-0.39, 0.29) is 0 Å². The van der Waals surface area contributed by atoms with Crippen LogP contribution < -0.4 is 0 Å². The quantitative estimate of drug-likeness (QED) is 0.217. The van der Waals surface area contributed by atoms with Crippen molar-refractivity contribution in [1.29, 1.82) is 0 Å². The summed E-state index contributed by atoms with van der Waals surface area (Å²) in [6.45, 7) is 0. The number of fused-ring (bicyclic) bond motifs is 10. The zero-order valence-electron chi connectivity index (χ0n) is 21.0. The van der Waals surface area contributed by atoms with Crippen molar-refractivity contribution in [3.8, 4) is 11.4 Å². The Hall–Kier alpha value is -4.86. The van der Waals surface area contributed by atoms with Gasteiger partial charge in [0.05, 0.1) is 32.5 Å². The number of para-hydroxylation sites is 4. The minimum absolute atomic E-state index is 1.17. The number of aromatic nitrogens is 2. The second-order valence-electron chi connectivity index (χ2n) is 10.2. The van der Waals surface area contributed by atoms with Crippen molar-refractivity contribution in [3.05, 3.63) is 133 Å². The standard InChI is InChI=1S/C36H22N2S/c1-2-11-23(12-3-1)37-30-17-7-4-13-24(30)27-16-10-19-32(34(27)37)38-31-18-8-5-14-25(31)28-21-22-29-26-15-6-9-20-33(26)39-36(29)35(28)38/h1-22H. The molecule has 0 aliphatic carbocycles. The summed E-state index contributed by atoms with van der Waals surface area (Å²) in [7, 11) is 0. The summed E-state index contributed by atoms with van der Waals surface area (Å²) in [6, 6.07) is 48.6. The van der Waals surface area contributed by atoms with Crippen LogP contribution in [-0.4, -0.2) is 9.13 Å². The molecule has 0 N–H and O–H groups in total. The van der Waals surface area contributed by atoms with Crippen LogP contribution in [0.15, 0.2) is 133 Å². The van der Waals surface area contributed by atoms with Gasteiger partial charge in [0.1, 0.15) is 0 Å². The monoisotopic (exact) mass is 514 g/mol. The smallest absolute Gasteiger partial charge is 0.0782 e. The summed E-state index contributed by atoms with van der Waals surface area (Å²) in [4.78, 5) is 0. The van der Waals surface area contributed by atoms with Gasteiger partial charge in [-0.05, 0) is 36.4 Å². The minimum atomic E-state index is 1.17. The van der Waals surface area contributed by atoms with Gasteiger partial charge in [-0.3, -0.25) is 0 Å². The van der Waals surface area contributed by atoms with Gasteiger partial charge in [0.25, 0.3) is 0 Å². The van der Waals surface area contributed by atoms with Crippen molar-refractivity contribution < 1.29 is 0 Å². The van der Waals surface area contributed by atoms with Crippen LogP contribution >= 0.6 is 11.3 Å². The van der Waals surface area contributed by atoms with Gasteiger partial charge in [0.15, 0.2) is 0 Å². The Morgan fingerprint density at radius 2 is 0.974 bits per heavy atom. The Balaban J connectivity index is 1.54. The highest BCUT2D eigenvalue weighted by Crippen LogP contribution is 2.44. The van der Waals surface area contributed by atoms with Gasteiger partial charge in [-0.15, -0.1) is 11.3 Å². The lowest BCUT2D eigenvalue weighted by Gasteiger charge is -2.14. The lowest BCUT2D eigenvalue weighted by Crippen LogP contribution is -2.00. The molecule has 0 saturated heterocycles. The van der Waals surface area contributed by atoms with Crippen LogP contribution in [0.25, 0.3) is 75.2 Å². The van der Waals surface area contributed by atoms with Gasteiger partial charge in [0, 0.05) is 42.7 Å². The van der Waals surface area contributed by atoms with E-state index in [9.17, 15) is 0 Å². The third-order valence-electron chi connectivity index (χ3n) is 8.11. The van der Waals surface area contributed by atoms with E-state index in [0.717, 1.165) is 0 Å². The second kappa shape index (κ2) is 7.83. The molecular formula is C36H22N2S. The van der Waals surface area contributed by atoms with Crippen LogP contribution in [0.3, 0.4) is 0 Å². The number of thiophene rings is 1. The summed E-state index contributed by atoms with van der Waals surface area (Å²) in [5.41, 5.74) is 7.33. The van der Waals surface area contributed by atoms with Crippen LogP contribution in [0.1, 0.15) is 0 Å². The van der Waals surface area contributed by atoms with Crippen LogP contribution in [0.5, 0.6) is 0 Å². The number of benzene rings is 6. The maximum atomic E-state index is 2.52. The van der Waals surface area contributed by atoms with Crippen molar-refractivity contribution in [2.45, 2.75) is 0 Å². The summed E-state index contributed by atoms with van der Waals surface area (Å²) < 4.78 is 7.62. The molecule has 3 heterocycles. The zero-order valence-corrected chi connectivity index (χ0v) is 21.8. The molecule has 0 radical (unpaired) electrons. The van der Waals surface area contributed by atoms with E-state index in [1.807, 2.05) is 11.3 Å². The highest BCUT2D eigenvalue weighted by Gasteiger charge is 2.21. The summed E-state index contributed by atoms with van der Waals surface area (Å²) in [5.74, 6) is 0. The molecule has 9 rings (SSSR count). The van der Waals surface area contributed by atoms with Crippen molar-refractivity contribution in [2.24, 2.45) is 0 Å². The molecule has 0 atom stereocenters. The molecule has 3 heteroatoms. The van der Waals surface area contributed by atoms with Gasteiger partial charge in [0.2, 0.25) is 0 Å². The molecule has 0 saturated carbocycles. The van der Waals surface area contributed by atoms with Gasteiger partial charge < -0.3 is 9.13 Å². The lowest BCUT2D eigenvalue weighted by molar-refractivity contribution is 1.13. The molecule has 182 valence electrons. The summed E-state index contributed by atoms with van der Waals surface area (Å²) in [6.07, 6.45) is 0. The van der Waals surface area contributed by atoms with Crippen molar-refractivity contribution in [2.75, 3.05) is 0 Å². The molecule has 9 aromatic rings. The van der Waals surface area contributed by atoms with Gasteiger partial charge in [-0.25, -0.2) is 0 Å². The molecule has 0 aliphatic rings. The number of nitrogens with zero attached hydrogens (tertiary/aromatic N) is 2. The second-order valence-corrected chi connectivity index (χ2v) is 11.2. The third-order valence-corrected chi connectivity index (χ3v) is 9.30. The van der Waals surface area contributed by atoms with Crippen molar-refractivity contribution in [1.82, 2.24) is 9.13 Å². The molecule has 6 aromatic carbocycles. The van der Waals surface area contributed by atoms with E-state index in [4.69, 9.17) is 0 Å². The average molecular weight is 515 g/mol. The summed E-state index contributed by atoms with van der Waals surface area (Å²) >= 11 is 1.90. The van der Waals surface area contributed by atoms with E-state index in [1.54, 1.807) is 0 Å². The van der Waals surface area contributed by atoms with Gasteiger partial charge >= 0.3 is 0 Å². The zero-order chi connectivity index (χ0) is 25.5. The molecule has 0 amide bonds. The lowest BCUT2D eigenvalue weighted by atomic mass is 10.1. The Bertz CT molecular complexity index is 2390. The maximum Gasteiger partial charge on any atom is 0.0782 e. The molecule has 0 fully saturated rings. The van der Waals surface area contributed by atoms with Crippen LogP contribution in [0.4, 0.5) is 0 Å². The van der Waals surface area contributed by atoms with E-state index in [0.29, 0.717) is 0 Å². The Morgan fingerprint density at radius 3 is 1.77 bits per heavy atom.